The van der Waals surface area contributed by atoms with Crippen LogP contribution >= 0.6 is 22.7 Å². The van der Waals surface area contributed by atoms with Crippen LogP contribution in [-0.4, -0.2) is 4.57 Å². The molecule has 0 saturated heterocycles. The summed E-state index contributed by atoms with van der Waals surface area (Å²) in [5.41, 5.74) is 29.2. The van der Waals surface area contributed by atoms with Crippen LogP contribution in [0.3, 0.4) is 0 Å². The van der Waals surface area contributed by atoms with Crippen molar-refractivity contribution in [1.82, 2.24) is 4.57 Å². The maximum absolute atomic E-state index is 2.57. The minimum atomic E-state index is 1.07. The molecule has 3 heterocycles. The van der Waals surface area contributed by atoms with Gasteiger partial charge in [0, 0.05) is 74.9 Å². The summed E-state index contributed by atoms with van der Waals surface area (Å²) in [5.74, 6) is 0. The molecule has 18 rings (SSSR count). The molecule has 0 saturated carbocycles. The van der Waals surface area contributed by atoms with Gasteiger partial charge in [0.25, 0.3) is 0 Å². The molecule has 0 bridgehead atoms. The summed E-state index contributed by atoms with van der Waals surface area (Å²) in [6.45, 7) is 8.76. The number of hydrogen-bond acceptors (Lipinski definition) is 4. The zero-order valence-electron chi connectivity index (χ0n) is 55.4. The highest BCUT2D eigenvalue weighted by Crippen LogP contribution is 2.56. The predicted octanol–water partition coefficient (Wildman–Crippen LogP) is 27.7. The minimum absolute atomic E-state index is 1.07. The molecular weight excluding hydrogens is 1240 g/mol. The van der Waals surface area contributed by atoms with Crippen molar-refractivity contribution in [3.05, 3.63) is 356 Å². The van der Waals surface area contributed by atoms with Crippen molar-refractivity contribution in [1.29, 1.82) is 0 Å². The molecule has 99 heavy (non-hydrogen) atoms. The zero-order valence-corrected chi connectivity index (χ0v) is 57.0. The number of fused-ring (bicyclic) bond motifs is 11. The Morgan fingerprint density at radius 3 is 0.949 bits per heavy atom. The molecule has 18 aromatic rings. The molecule has 5 heteroatoms. The molecule has 0 spiro atoms. The molecule has 3 aromatic heterocycles. The first kappa shape index (κ1) is 59.6. The van der Waals surface area contributed by atoms with E-state index in [1.807, 2.05) is 22.7 Å². The van der Waals surface area contributed by atoms with Gasteiger partial charge in [-0.1, -0.05) is 271 Å². The summed E-state index contributed by atoms with van der Waals surface area (Å²) >= 11 is 3.81. The van der Waals surface area contributed by atoms with Crippen LogP contribution < -0.4 is 9.80 Å². The number of para-hydroxylation sites is 1. The van der Waals surface area contributed by atoms with E-state index in [0.717, 1.165) is 62.0 Å². The number of anilines is 6. The van der Waals surface area contributed by atoms with Crippen molar-refractivity contribution in [2.24, 2.45) is 0 Å². The second-order valence-corrected chi connectivity index (χ2v) is 28.5. The monoisotopic (exact) mass is 1300 g/mol. The van der Waals surface area contributed by atoms with Crippen LogP contribution in [0.2, 0.25) is 0 Å². The van der Waals surface area contributed by atoms with E-state index in [0.29, 0.717) is 0 Å². The van der Waals surface area contributed by atoms with E-state index >= 15 is 0 Å². The largest absolute Gasteiger partial charge is 0.310 e. The Kier molecular flexibility index (Phi) is 14.8. The normalized spacial score (nSPS) is 11.6. The van der Waals surface area contributed by atoms with Crippen LogP contribution in [0.1, 0.15) is 22.3 Å². The van der Waals surface area contributed by atoms with Crippen molar-refractivity contribution in [3.8, 4) is 72.4 Å². The lowest BCUT2D eigenvalue weighted by Gasteiger charge is -2.27. The Hall–Kier alpha value is -11.9. The molecule has 470 valence electrons. The first-order valence-corrected chi connectivity index (χ1v) is 35.6. The third-order valence-corrected chi connectivity index (χ3v) is 22.1. The molecule has 0 fully saturated rings. The highest BCUT2D eigenvalue weighted by atomic mass is 32.1. The van der Waals surface area contributed by atoms with Gasteiger partial charge in [-0.05, 0) is 179 Å². The molecule has 0 aliphatic rings. The fraction of sp³-hybridized carbons (Fsp3) is 0.0426. The molecule has 0 radical (unpaired) electrons. The summed E-state index contributed by atoms with van der Waals surface area (Å²) < 4.78 is 7.55. The molecule has 0 N–H and O–H groups in total. The maximum Gasteiger partial charge on any atom is 0.0661 e. The van der Waals surface area contributed by atoms with E-state index in [2.05, 4.69) is 376 Å². The van der Waals surface area contributed by atoms with E-state index in [-0.39, 0.29) is 0 Å². The highest BCUT2D eigenvalue weighted by molar-refractivity contribution is 7.27. The molecule has 0 unspecified atom stereocenters. The first-order chi connectivity index (χ1) is 48.7. The second-order valence-electron chi connectivity index (χ2n) is 26.4. The van der Waals surface area contributed by atoms with Crippen molar-refractivity contribution in [2.45, 2.75) is 27.7 Å². The van der Waals surface area contributed by atoms with Crippen molar-refractivity contribution < 1.29 is 0 Å². The summed E-state index contributed by atoms with van der Waals surface area (Å²) in [4.78, 5) is 5.04. The van der Waals surface area contributed by atoms with Gasteiger partial charge in [0.15, 0.2) is 0 Å². The molecule has 0 aliphatic carbocycles. The van der Waals surface area contributed by atoms with Crippen molar-refractivity contribution in [2.75, 3.05) is 9.80 Å². The van der Waals surface area contributed by atoms with Crippen LogP contribution in [0.25, 0.3) is 135 Å². The topological polar surface area (TPSA) is 11.4 Å². The summed E-state index contributed by atoms with van der Waals surface area (Å²) in [6, 6.07) is 124. The second kappa shape index (κ2) is 24.7. The fourth-order valence-corrected chi connectivity index (χ4v) is 17.7. The quantitative estimate of drug-likeness (QED) is 0.114. The number of nitrogens with zero attached hydrogens (tertiary/aromatic N) is 3. The molecule has 0 aliphatic heterocycles. The molecule has 0 atom stereocenters. The van der Waals surface area contributed by atoms with Gasteiger partial charge >= 0.3 is 0 Å². The van der Waals surface area contributed by atoms with E-state index in [4.69, 9.17) is 0 Å². The smallest absolute Gasteiger partial charge is 0.0661 e. The summed E-state index contributed by atoms with van der Waals surface area (Å²) in [7, 11) is 0. The standard InChI is InChI=1S/C94H67N3S2/c1-60-52-61(2)55-74(54-60)72-40-48-78(49-41-72)95(77-44-36-70(37-45-77)68-32-28-66(29-33-68)64-18-8-5-9-19-64)83-58-85-92(94-89(83)81-24-14-16-26-87(81)99-94)91-84(97(85)76-22-12-7-13-23-76)59-86(93-90(91)82-25-15-17-27-88(82)98-93)96(80-50-42-73(43-51-80)75-56-62(3)53-63(4)57-75)79-46-38-71(39-47-79)69-34-30-67(31-35-69)65-20-10-6-11-21-65/h5-59H,1-4H3. The third kappa shape index (κ3) is 10.8. The lowest BCUT2D eigenvalue weighted by Crippen LogP contribution is -2.11. The van der Waals surface area contributed by atoms with E-state index < -0.39 is 0 Å². The van der Waals surface area contributed by atoms with E-state index in [1.165, 1.54) is 129 Å². The number of benzene rings is 15. The highest BCUT2D eigenvalue weighted by Gasteiger charge is 2.30. The Morgan fingerprint density at radius 1 is 0.232 bits per heavy atom. The van der Waals surface area contributed by atoms with E-state index in [9.17, 15) is 0 Å². The van der Waals surface area contributed by atoms with Gasteiger partial charge in [0.05, 0.1) is 27.1 Å². The third-order valence-electron chi connectivity index (χ3n) is 19.7. The van der Waals surface area contributed by atoms with Crippen LogP contribution in [0.4, 0.5) is 34.1 Å². The van der Waals surface area contributed by atoms with Gasteiger partial charge < -0.3 is 14.4 Å². The predicted molar refractivity (Wildman–Crippen MR) is 427 cm³/mol. The Morgan fingerprint density at radius 2 is 0.535 bits per heavy atom. The minimum Gasteiger partial charge on any atom is -0.310 e. The molecule has 3 nitrogen and oxygen atoms in total. The number of rotatable bonds is 13. The number of aromatic nitrogens is 1. The average molecular weight is 1300 g/mol. The fourth-order valence-electron chi connectivity index (χ4n) is 15.2. The van der Waals surface area contributed by atoms with Gasteiger partial charge in [-0.25, -0.2) is 0 Å². The molecule has 0 amide bonds. The Bertz CT molecular complexity index is 6030. The van der Waals surface area contributed by atoms with Crippen LogP contribution in [0.5, 0.6) is 0 Å². The van der Waals surface area contributed by atoms with Crippen LogP contribution in [0.15, 0.2) is 334 Å². The first-order valence-electron chi connectivity index (χ1n) is 34.0. The lowest BCUT2D eigenvalue weighted by molar-refractivity contribution is 1.18. The van der Waals surface area contributed by atoms with Gasteiger partial charge in [-0.2, -0.15) is 0 Å². The van der Waals surface area contributed by atoms with Crippen molar-refractivity contribution >= 4 is 119 Å². The SMILES string of the molecule is Cc1cc(C)cc(-c2ccc(N(c3ccc(-c4ccc(-c5ccccc5)cc4)cc3)c3cc4c(c5c3sc3ccccc35)c3c5sc6ccccc6c5c(N(c5ccc(-c6ccc(-c7ccccc7)cc6)cc5)c5ccc(-c6cc(C)cc(C)c6)cc5)cc3n4-c3ccccc3)cc2)c1. The van der Waals surface area contributed by atoms with Crippen LogP contribution in [0, 0.1) is 27.7 Å². The summed E-state index contributed by atoms with van der Waals surface area (Å²) in [6.07, 6.45) is 0. The number of aryl methyl sites for hydroxylation is 4. The average Bonchev–Trinajstić information content (AvgIpc) is 1.53. The van der Waals surface area contributed by atoms with Gasteiger partial charge in [-0.15, -0.1) is 22.7 Å². The zero-order chi connectivity index (χ0) is 66.2. The van der Waals surface area contributed by atoms with E-state index in [1.54, 1.807) is 0 Å². The number of hydrogen-bond donors (Lipinski definition) is 0. The van der Waals surface area contributed by atoms with Crippen LogP contribution in [-0.2, 0) is 0 Å². The van der Waals surface area contributed by atoms with Gasteiger partial charge in [0.2, 0.25) is 0 Å². The summed E-state index contributed by atoms with van der Waals surface area (Å²) in [5, 5.41) is 7.46. The molecular formula is C94H67N3S2. The Balaban J connectivity index is 0.889. The Labute approximate surface area is 585 Å². The van der Waals surface area contributed by atoms with Gasteiger partial charge in [-0.3, -0.25) is 0 Å². The van der Waals surface area contributed by atoms with Crippen molar-refractivity contribution in [3.63, 3.8) is 0 Å². The lowest BCUT2D eigenvalue weighted by atomic mass is 9.98. The molecule has 15 aromatic carbocycles. The van der Waals surface area contributed by atoms with Gasteiger partial charge in [0.1, 0.15) is 0 Å². The maximum atomic E-state index is 2.57. The number of thiophene rings is 2.